The zero-order chi connectivity index (χ0) is 25.5. The molecule has 0 spiro atoms. The Morgan fingerprint density at radius 2 is 1.81 bits per heavy atom. The van der Waals surface area contributed by atoms with Crippen molar-refractivity contribution >= 4 is 29.1 Å². The number of para-hydroxylation sites is 1. The van der Waals surface area contributed by atoms with E-state index < -0.39 is 11.1 Å². The lowest BCUT2D eigenvalue weighted by atomic mass is 9.72. The zero-order valence-corrected chi connectivity index (χ0v) is 20.5. The summed E-state index contributed by atoms with van der Waals surface area (Å²) in [6, 6.07) is 16.4. The average Bonchev–Trinajstić information content (AvgIpc) is 3.44. The van der Waals surface area contributed by atoms with Gasteiger partial charge in [0.05, 0.1) is 17.6 Å². The van der Waals surface area contributed by atoms with Crippen molar-refractivity contribution in [1.29, 1.82) is 0 Å². The van der Waals surface area contributed by atoms with Crippen molar-refractivity contribution in [1.82, 2.24) is 5.32 Å². The Morgan fingerprint density at radius 1 is 1.08 bits per heavy atom. The number of ether oxygens (including phenoxy) is 3. The number of non-ortho nitro benzene ring substituents is 1. The molecular formula is C26H26N2O7S. The highest BCUT2D eigenvalue weighted by Crippen LogP contribution is 2.42. The van der Waals surface area contributed by atoms with Crippen molar-refractivity contribution < 1.29 is 28.7 Å². The van der Waals surface area contributed by atoms with E-state index in [2.05, 4.69) is 11.4 Å². The molecule has 9 nitrogen and oxygen atoms in total. The number of carbonyl (C=O) groups excluding carboxylic acids is 2. The highest BCUT2D eigenvalue weighted by atomic mass is 32.1. The van der Waals surface area contributed by atoms with Gasteiger partial charge in [-0.2, -0.15) is 0 Å². The highest BCUT2D eigenvalue weighted by Gasteiger charge is 2.39. The van der Waals surface area contributed by atoms with Gasteiger partial charge in [-0.25, -0.2) is 4.79 Å². The fraction of sp³-hybridized carbons (Fsp3) is 0.308. The molecule has 188 valence electrons. The number of methoxy groups -OCH3 is 1. The number of carbonyl (C=O) groups is 2. The Kier molecular flexibility index (Phi) is 7.84. The predicted octanol–water partition coefficient (Wildman–Crippen LogP) is 5.49. The van der Waals surface area contributed by atoms with Crippen molar-refractivity contribution in [2.24, 2.45) is 0 Å². The first-order chi connectivity index (χ1) is 17.4. The van der Waals surface area contributed by atoms with Gasteiger partial charge in [0.1, 0.15) is 17.6 Å². The molecular weight excluding hydrogens is 484 g/mol. The summed E-state index contributed by atoms with van der Waals surface area (Å²) in [5, 5.41) is 15.9. The number of nitro benzene ring substituents is 1. The molecule has 0 aliphatic heterocycles. The maximum Gasteiger partial charge on any atom is 0.514 e. The van der Waals surface area contributed by atoms with Crippen LogP contribution in [0.15, 0.2) is 66.0 Å². The van der Waals surface area contributed by atoms with E-state index in [1.165, 1.54) is 36.3 Å². The summed E-state index contributed by atoms with van der Waals surface area (Å²) in [4.78, 5) is 36.6. The maximum absolute atomic E-state index is 12.9. The molecule has 1 fully saturated rings. The van der Waals surface area contributed by atoms with Gasteiger partial charge in [-0.05, 0) is 61.4 Å². The molecule has 1 N–H and O–H groups in total. The molecule has 1 aromatic heterocycles. The summed E-state index contributed by atoms with van der Waals surface area (Å²) in [6.07, 6.45) is 1.48. The van der Waals surface area contributed by atoms with E-state index in [-0.39, 0.29) is 28.9 Å². The van der Waals surface area contributed by atoms with Gasteiger partial charge < -0.3 is 19.5 Å². The number of nitrogens with zero attached hydrogens (tertiary/aromatic N) is 1. The molecule has 1 aliphatic carbocycles. The molecule has 1 heterocycles. The van der Waals surface area contributed by atoms with Crippen LogP contribution in [0.2, 0.25) is 0 Å². The Labute approximate surface area is 212 Å². The third-order valence-corrected chi connectivity index (χ3v) is 7.50. The summed E-state index contributed by atoms with van der Waals surface area (Å²) in [5.41, 5.74) is 0.117. The molecule has 2 aromatic carbocycles. The number of thiophene rings is 1. The van der Waals surface area contributed by atoms with Crippen molar-refractivity contribution in [2.75, 3.05) is 13.7 Å². The van der Waals surface area contributed by atoms with Crippen LogP contribution in [-0.2, 0) is 10.2 Å². The third-order valence-electron chi connectivity index (χ3n) is 6.38. The summed E-state index contributed by atoms with van der Waals surface area (Å²) < 4.78 is 16.0. The minimum absolute atomic E-state index is 0.0919. The van der Waals surface area contributed by atoms with E-state index in [9.17, 15) is 19.7 Å². The van der Waals surface area contributed by atoms with Crippen LogP contribution in [0.4, 0.5) is 10.5 Å². The number of benzene rings is 2. The van der Waals surface area contributed by atoms with Crippen LogP contribution in [0, 0.1) is 10.1 Å². The maximum atomic E-state index is 12.9. The number of nitrogens with one attached hydrogen (secondary N) is 1. The second-order valence-electron chi connectivity index (χ2n) is 8.56. The molecule has 36 heavy (non-hydrogen) atoms. The molecule has 0 atom stereocenters. The minimum Gasteiger partial charge on any atom is -0.496 e. The lowest BCUT2D eigenvalue weighted by Gasteiger charge is -2.39. The van der Waals surface area contributed by atoms with Crippen LogP contribution in [0.3, 0.4) is 0 Å². The van der Waals surface area contributed by atoms with E-state index in [1.807, 2.05) is 17.5 Å². The molecule has 10 heteroatoms. The van der Waals surface area contributed by atoms with Crippen molar-refractivity contribution in [3.05, 3.63) is 86.6 Å². The third kappa shape index (κ3) is 5.83. The minimum atomic E-state index is -0.845. The van der Waals surface area contributed by atoms with Gasteiger partial charge in [0, 0.05) is 29.0 Å². The van der Waals surface area contributed by atoms with Crippen LogP contribution in [0.1, 0.15) is 40.9 Å². The van der Waals surface area contributed by atoms with Crippen LogP contribution < -0.4 is 14.8 Å². The first kappa shape index (κ1) is 25.2. The largest absolute Gasteiger partial charge is 0.514 e. The average molecular weight is 511 g/mol. The standard InChI is InChI=1S/C26H26N2O7S/c1-33-22-6-3-2-5-21(22)24(29)27-17-26(23-7-4-16-36-23)14-12-20(13-15-26)35-25(30)34-19-10-8-18(9-11-19)28(31)32/h2-11,16,20H,12-15,17H2,1H3,(H,27,29)/t20-,26+. The molecule has 3 aromatic rings. The summed E-state index contributed by atoms with van der Waals surface area (Å²) >= 11 is 1.65. The molecule has 4 rings (SSSR count). The lowest BCUT2D eigenvalue weighted by molar-refractivity contribution is -0.384. The van der Waals surface area contributed by atoms with Gasteiger partial charge in [0.25, 0.3) is 11.6 Å². The molecule has 0 saturated heterocycles. The fourth-order valence-electron chi connectivity index (χ4n) is 4.42. The zero-order valence-electron chi connectivity index (χ0n) is 19.7. The van der Waals surface area contributed by atoms with Gasteiger partial charge in [0.2, 0.25) is 0 Å². The second-order valence-corrected chi connectivity index (χ2v) is 9.51. The Morgan fingerprint density at radius 3 is 2.44 bits per heavy atom. The number of hydrogen-bond acceptors (Lipinski definition) is 8. The van der Waals surface area contributed by atoms with Gasteiger partial charge in [-0.15, -0.1) is 11.3 Å². The summed E-state index contributed by atoms with van der Waals surface area (Å²) in [7, 11) is 1.53. The van der Waals surface area contributed by atoms with Crippen LogP contribution in [-0.4, -0.2) is 36.7 Å². The summed E-state index contributed by atoms with van der Waals surface area (Å²) in [6.45, 7) is 0.449. The van der Waals surface area contributed by atoms with Gasteiger partial charge in [-0.3, -0.25) is 14.9 Å². The first-order valence-corrected chi connectivity index (χ1v) is 12.4. The Hall–Kier alpha value is -3.92. The molecule has 1 aliphatic rings. The SMILES string of the molecule is COc1ccccc1C(=O)NC[C@]1(c2cccs2)CC[C@@H](OC(=O)Oc2ccc([N+](=O)[O-])cc2)CC1. The topological polar surface area (TPSA) is 117 Å². The van der Waals surface area contributed by atoms with Gasteiger partial charge in [0.15, 0.2) is 0 Å². The van der Waals surface area contributed by atoms with Crippen molar-refractivity contribution in [3.8, 4) is 11.5 Å². The lowest BCUT2D eigenvalue weighted by Crippen LogP contribution is -2.44. The number of amides is 1. The number of hydrogen-bond donors (Lipinski definition) is 1. The van der Waals surface area contributed by atoms with Gasteiger partial charge >= 0.3 is 6.16 Å². The number of nitro groups is 1. The first-order valence-electron chi connectivity index (χ1n) is 11.5. The highest BCUT2D eigenvalue weighted by molar-refractivity contribution is 7.10. The van der Waals surface area contributed by atoms with E-state index in [0.717, 1.165) is 12.8 Å². The van der Waals surface area contributed by atoms with Gasteiger partial charge in [-0.1, -0.05) is 18.2 Å². The molecule has 1 amide bonds. The van der Waals surface area contributed by atoms with Crippen LogP contribution in [0.25, 0.3) is 0 Å². The van der Waals surface area contributed by atoms with E-state index in [1.54, 1.807) is 29.5 Å². The Balaban J connectivity index is 1.36. The van der Waals surface area contributed by atoms with E-state index in [0.29, 0.717) is 30.7 Å². The van der Waals surface area contributed by atoms with E-state index in [4.69, 9.17) is 14.2 Å². The molecule has 0 unspecified atom stereocenters. The smallest absolute Gasteiger partial charge is 0.496 e. The molecule has 1 saturated carbocycles. The predicted molar refractivity (Wildman–Crippen MR) is 134 cm³/mol. The number of rotatable bonds is 8. The van der Waals surface area contributed by atoms with Crippen LogP contribution >= 0.6 is 11.3 Å². The summed E-state index contributed by atoms with van der Waals surface area (Å²) in [5.74, 6) is 0.491. The van der Waals surface area contributed by atoms with Crippen molar-refractivity contribution in [2.45, 2.75) is 37.2 Å². The van der Waals surface area contributed by atoms with E-state index >= 15 is 0 Å². The Bertz CT molecular complexity index is 1200. The normalized spacial score (nSPS) is 19.2. The van der Waals surface area contributed by atoms with Crippen LogP contribution in [0.5, 0.6) is 11.5 Å². The fourth-order valence-corrected chi connectivity index (χ4v) is 5.41. The second kappa shape index (κ2) is 11.2. The molecule has 0 radical (unpaired) electrons. The quantitative estimate of drug-likeness (QED) is 0.184. The van der Waals surface area contributed by atoms with Crippen molar-refractivity contribution in [3.63, 3.8) is 0 Å². The molecule has 0 bridgehead atoms. The monoisotopic (exact) mass is 510 g/mol.